The van der Waals surface area contributed by atoms with Crippen LogP contribution in [-0.4, -0.2) is 21.0 Å². The van der Waals surface area contributed by atoms with Crippen molar-refractivity contribution in [3.8, 4) is 0 Å². The normalized spacial score (nSPS) is 13.4. The zero-order valence-corrected chi connectivity index (χ0v) is 16.7. The van der Waals surface area contributed by atoms with Gasteiger partial charge >= 0.3 is 0 Å². The molecular weight excluding hydrogens is 312 g/mol. The van der Waals surface area contributed by atoms with Crippen molar-refractivity contribution < 1.29 is 13.0 Å². The Labute approximate surface area is 136 Å². The van der Waals surface area contributed by atoms with E-state index in [-0.39, 0.29) is 4.90 Å². The minimum Gasteiger partial charge on any atom is -0.282 e. The minimum absolute atomic E-state index is 0.118. The predicted molar refractivity (Wildman–Crippen MR) is 96.3 cm³/mol. The lowest BCUT2D eigenvalue weighted by Gasteiger charge is -2.44. The molecular formula is C17H30O3SSi. The summed E-state index contributed by atoms with van der Waals surface area (Å²) in [6.45, 7) is 15.2. The van der Waals surface area contributed by atoms with Gasteiger partial charge in [0.15, 0.2) is 0 Å². The van der Waals surface area contributed by atoms with Gasteiger partial charge in [0.25, 0.3) is 10.1 Å². The summed E-state index contributed by atoms with van der Waals surface area (Å²) in [4.78, 5) is 0.118. The molecule has 0 aliphatic rings. The molecule has 0 amide bonds. The van der Waals surface area contributed by atoms with Gasteiger partial charge in [-0.1, -0.05) is 60.6 Å². The van der Waals surface area contributed by atoms with Crippen LogP contribution in [0.15, 0.2) is 23.1 Å². The average molecular weight is 343 g/mol. The maximum absolute atomic E-state index is 11.9. The van der Waals surface area contributed by atoms with Crippen LogP contribution in [0.25, 0.3) is 0 Å². The molecule has 0 heterocycles. The summed E-state index contributed by atoms with van der Waals surface area (Å²) in [5.41, 5.74) is 2.29. The van der Waals surface area contributed by atoms with Crippen molar-refractivity contribution >= 4 is 23.4 Å². The van der Waals surface area contributed by atoms with E-state index in [1.54, 1.807) is 6.07 Å². The second-order valence-electron chi connectivity index (χ2n) is 7.06. The van der Waals surface area contributed by atoms with E-state index in [9.17, 15) is 13.0 Å². The van der Waals surface area contributed by atoms with Gasteiger partial charge in [0.05, 0.1) is 13.0 Å². The van der Waals surface area contributed by atoms with Gasteiger partial charge in [0.2, 0.25) is 0 Å². The summed E-state index contributed by atoms with van der Waals surface area (Å²) in [5, 5.41) is 0.898. The fourth-order valence-electron chi connectivity index (χ4n) is 4.29. The number of aryl methyl sites for hydroxylation is 1. The zero-order chi connectivity index (χ0) is 17.3. The van der Waals surface area contributed by atoms with E-state index in [2.05, 4.69) is 48.5 Å². The molecule has 5 heteroatoms. The van der Waals surface area contributed by atoms with Gasteiger partial charge in [-0.25, -0.2) is 0 Å². The van der Waals surface area contributed by atoms with Crippen LogP contribution in [0.4, 0.5) is 0 Å². The second-order valence-corrected chi connectivity index (χ2v) is 14.3. The summed E-state index contributed by atoms with van der Waals surface area (Å²) in [5.74, 6) is 0. The third kappa shape index (κ3) is 3.31. The van der Waals surface area contributed by atoms with Gasteiger partial charge in [0.1, 0.15) is 0 Å². The molecule has 0 unspecified atom stereocenters. The molecule has 0 saturated heterocycles. The Morgan fingerprint density at radius 1 is 1.00 bits per heavy atom. The van der Waals surface area contributed by atoms with Crippen molar-refractivity contribution in [2.45, 2.75) is 76.4 Å². The Balaban J connectivity index is 3.88. The summed E-state index contributed by atoms with van der Waals surface area (Å²) < 4.78 is 33.6. The number of hydrogen-bond acceptors (Lipinski definition) is 2. The van der Waals surface area contributed by atoms with Crippen molar-refractivity contribution in [2.24, 2.45) is 0 Å². The van der Waals surface area contributed by atoms with E-state index in [1.165, 1.54) is 0 Å². The van der Waals surface area contributed by atoms with Gasteiger partial charge in [-0.3, -0.25) is 4.55 Å². The van der Waals surface area contributed by atoms with Crippen molar-refractivity contribution in [3.05, 3.63) is 23.8 Å². The molecule has 0 aliphatic carbocycles. The molecule has 0 aromatic heterocycles. The van der Waals surface area contributed by atoms with E-state index >= 15 is 0 Å². The molecule has 0 saturated carbocycles. The molecule has 1 aromatic rings. The lowest BCUT2D eigenvalue weighted by molar-refractivity contribution is 0.483. The Bertz CT molecular complexity index is 597. The van der Waals surface area contributed by atoms with Crippen LogP contribution in [0.1, 0.15) is 54.0 Å². The molecule has 1 aromatic carbocycles. The van der Waals surface area contributed by atoms with Crippen molar-refractivity contribution in [2.75, 3.05) is 0 Å². The molecule has 0 radical (unpaired) electrons. The molecule has 0 bridgehead atoms. The van der Waals surface area contributed by atoms with E-state index < -0.39 is 18.2 Å². The highest BCUT2D eigenvalue weighted by Gasteiger charge is 2.46. The maximum atomic E-state index is 11.9. The smallest absolute Gasteiger partial charge is 0.282 e. The number of benzene rings is 1. The van der Waals surface area contributed by atoms with E-state index in [0.29, 0.717) is 16.6 Å². The van der Waals surface area contributed by atoms with Crippen LogP contribution in [0, 0.1) is 0 Å². The maximum Gasteiger partial charge on any atom is 0.294 e. The molecule has 0 aliphatic heterocycles. The average Bonchev–Trinajstić information content (AvgIpc) is 2.36. The third-order valence-corrected chi connectivity index (χ3v) is 13.2. The minimum atomic E-state index is -4.21. The Hall–Kier alpha value is -0.653. The first-order valence-corrected chi connectivity index (χ1v) is 11.8. The SMILES string of the molecule is CCc1ccc(S(=O)(=O)O)c([Si](C(C)C)(C(C)C)C(C)C)c1. The van der Waals surface area contributed by atoms with Crippen LogP contribution in [0.2, 0.25) is 16.6 Å². The molecule has 22 heavy (non-hydrogen) atoms. The van der Waals surface area contributed by atoms with Gasteiger partial charge in [0, 0.05) is 0 Å². The Kier molecular flexibility index (Phi) is 6.04. The lowest BCUT2D eigenvalue weighted by atomic mass is 10.2. The van der Waals surface area contributed by atoms with E-state index in [4.69, 9.17) is 0 Å². The molecule has 0 spiro atoms. The second kappa shape index (κ2) is 6.85. The summed E-state index contributed by atoms with van der Waals surface area (Å²) in [7, 11) is -6.35. The van der Waals surface area contributed by atoms with Crippen molar-refractivity contribution in [1.29, 1.82) is 0 Å². The molecule has 3 nitrogen and oxygen atoms in total. The van der Waals surface area contributed by atoms with Crippen LogP contribution >= 0.6 is 0 Å². The van der Waals surface area contributed by atoms with Gasteiger partial charge in [-0.05, 0) is 39.9 Å². The van der Waals surface area contributed by atoms with Crippen LogP contribution in [0.3, 0.4) is 0 Å². The van der Waals surface area contributed by atoms with Gasteiger partial charge < -0.3 is 0 Å². The quantitative estimate of drug-likeness (QED) is 0.616. The van der Waals surface area contributed by atoms with Gasteiger partial charge in [-0.2, -0.15) is 8.42 Å². The number of rotatable bonds is 6. The Morgan fingerprint density at radius 2 is 1.45 bits per heavy atom. The van der Waals surface area contributed by atoms with Crippen molar-refractivity contribution in [1.82, 2.24) is 0 Å². The van der Waals surface area contributed by atoms with Crippen molar-refractivity contribution in [3.63, 3.8) is 0 Å². The molecule has 1 rings (SSSR count). The van der Waals surface area contributed by atoms with E-state index in [0.717, 1.165) is 17.2 Å². The number of hydrogen-bond donors (Lipinski definition) is 1. The first-order chi connectivity index (χ1) is 9.99. The standard InChI is InChI=1S/C17H30O3SSi/c1-8-15-9-10-16(21(18,19)20)17(11-15)22(12(2)3,13(4)5)14(6)7/h9-14H,8H2,1-7H3,(H,18,19,20). The highest BCUT2D eigenvalue weighted by Crippen LogP contribution is 2.42. The lowest BCUT2D eigenvalue weighted by Crippen LogP contribution is -2.57. The molecule has 0 fully saturated rings. The first-order valence-electron chi connectivity index (χ1n) is 8.10. The monoisotopic (exact) mass is 342 g/mol. The highest BCUT2D eigenvalue weighted by molar-refractivity contribution is 7.86. The summed E-state index contributed by atoms with van der Waals surface area (Å²) in [6.07, 6.45) is 0.859. The van der Waals surface area contributed by atoms with E-state index in [1.807, 2.05) is 12.1 Å². The first kappa shape index (κ1) is 19.4. The highest BCUT2D eigenvalue weighted by atomic mass is 32.2. The summed E-state index contributed by atoms with van der Waals surface area (Å²) >= 11 is 0. The largest absolute Gasteiger partial charge is 0.294 e. The Morgan fingerprint density at radius 3 is 1.77 bits per heavy atom. The molecule has 0 atom stereocenters. The topological polar surface area (TPSA) is 54.4 Å². The molecule has 1 N–H and O–H groups in total. The van der Waals surface area contributed by atoms with Crippen LogP contribution in [0.5, 0.6) is 0 Å². The third-order valence-electron chi connectivity index (χ3n) is 5.06. The predicted octanol–water partition coefficient (Wildman–Crippen LogP) is 4.38. The fraction of sp³-hybridized carbons (Fsp3) is 0.647. The fourth-order valence-corrected chi connectivity index (χ4v) is 12.6. The zero-order valence-electron chi connectivity index (χ0n) is 14.8. The molecule has 126 valence electrons. The van der Waals surface area contributed by atoms with Gasteiger partial charge in [-0.15, -0.1) is 0 Å². The van der Waals surface area contributed by atoms with Crippen LogP contribution in [-0.2, 0) is 16.5 Å². The summed E-state index contributed by atoms with van der Waals surface area (Å²) in [6, 6.07) is 5.44. The van der Waals surface area contributed by atoms with Crippen LogP contribution < -0.4 is 5.19 Å².